The second-order valence-corrected chi connectivity index (χ2v) is 0. The molecule has 0 aromatic carbocycles. The Bertz CT molecular complexity index is 8.00. The molecule has 0 saturated heterocycles. The van der Waals surface area contributed by atoms with E-state index in [4.69, 9.17) is 15.3 Å². The van der Waals surface area contributed by atoms with E-state index in [9.17, 15) is 0 Å². The third kappa shape index (κ3) is 0.174. The van der Waals surface area contributed by atoms with Crippen LogP contribution in [0.2, 0.25) is 0 Å². The summed E-state index contributed by atoms with van der Waals surface area (Å²) in [6.45, 7) is 2.00. The molecule has 3 nitrogen and oxygen atoms in total. The zero-order chi connectivity index (χ0) is 4.00. The van der Waals surface area contributed by atoms with Crippen molar-refractivity contribution < 1.29 is 4.79 Å². The number of carbonyl (C=O) groups excluding carboxylic acids is 1. The van der Waals surface area contributed by atoms with Crippen molar-refractivity contribution in [2.75, 3.05) is 0 Å². The summed E-state index contributed by atoms with van der Waals surface area (Å²) in [7, 11) is 0. The lowest BCUT2D eigenvalue weighted by molar-refractivity contribution is -0.0979. The molecule has 0 aromatic heterocycles. The summed E-state index contributed by atoms with van der Waals surface area (Å²) in [5, 5.41) is 0. The van der Waals surface area contributed by atoms with Gasteiger partial charge in [0.1, 0.15) is 12.4 Å². The van der Waals surface area contributed by atoms with Gasteiger partial charge in [0, 0.05) is 0 Å². The summed E-state index contributed by atoms with van der Waals surface area (Å²) in [6, 6.07) is 0. The highest BCUT2D eigenvalue weighted by Crippen LogP contribution is 0.529. The zero-order valence-electron chi connectivity index (χ0n) is 1.97. The van der Waals surface area contributed by atoms with E-state index in [2.05, 4.69) is 0 Å². The van der Waals surface area contributed by atoms with Crippen molar-refractivity contribution in [1.82, 2.24) is 5.59 Å². The van der Waals surface area contributed by atoms with Crippen LogP contribution in [0.25, 0.3) is 0 Å². The van der Waals surface area contributed by atoms with Crippen molar-refractivity contribution in [1.29, 1.82) is 0 Å². The normalized spacial score (nSPS) is 2.00. The van der Waals surface area contributed by atoms with Crippen molar-refractivity contribution >= 4 is 6.79 Å². The maximum Gasteiger partial charge on any atom is 0.120 e. The summed E-state index contributed by atoms with van der Waals surface area (Å²) in [4.78, 5) is 15.2. The van der Waals surface area contributed by atoms with Gasteiger partial charge in [0.15, 0.2) is 0 Å². The van der Waals surface area contributed by atoms with Crippen LogP contribution in [-0.2, 0) is 4.79 Å². The fourth-order valence-corrected chi connectivity index (χ4v) is 0. The van der Waals surface area contributed by atoms with Crippen molar-refractivity contribution in [2.24, 2.45) is 0 Å². The Morgan fingerprint density at radius 2 is 1.25 bits per heavy atom. The molecular weight excluding hydrogens is 58.0 g/mol. The Labute approximate surface area is 23.4 Å². The van der Waals surface area contributed by atoms with E-state index in [0.29, 0.717) is 0 Å². The zero-order valence-corrected chi connectivity index (χ0v) is 1.97. The average Bonchev–Trinajstić information content (AvgIpc) is 1.50. The lowest BCUT2D eigenvalue weighted by Crippen LogP contribution is -0.976. The topological polar surface area (TPSA) is 56.4 Å². The molecule has 3 heteroatoms. The molecular formula is CH2NO2. The molecule has 0 aliphatic carbocycles. The lowest BCUT2D eigenvalue weighted by Gasteiger charge is -0.837. The van der Waals surface area contributed by atoms with E-state index in [1.54, 1.807) is 0 Å². The summed E-state index contributed by atoms with van der Waals surface area (Å²) in [5.74, 6) is 0. The number of rotatable bonds is 0. The molecule has 0 N–H and O–H groups in total. The first-order chi connectivity index (χ1) is 2.00. The molecule has 0 spiro atoms. The van der Waals surface area contributed by atoms with E-state index in [0.717, 1.165) is 0 Å². The predicted octanol–water partition coefficient (Wildman–Crippen LogP) is -0.632. The van der Waals surface area contributed by atoms with Gasteiger partial charge in [-0.1, -0.05) is 0 Å². The smallest absolute Gasteiger partial charge is 0.120 e. The maximum atomic E-state index is 8.00. The van der Waals surface area contributed by atoms with Gasteiger partial charge in [-0.2, -0.15) is 0 Å². The van der Waals surface area contributed by atoms with Gasteiger partial charge in [0.25, 0.3) is 0 Å². The molecule has 0 rings (SSSR count). The molecule has 23 valence electrons. The Morgan fingerprint density at radius 3 is 1.25 bits per heavy atom. The number of carbonyl (C=O) groups is 1. The van der Waals surface area contributed by atoms with Crippen LogP contribution < -0.4 is 5.59 Å². The maximum absolute atomic E-state index is 8.00. The van der Waals surface area contributed by atoms with Gasteiger partial charge in [-0.15, -0.1) is 4.91 Å². The first kappa shape index (κ1) is 10.4. The first-order valence-electron chi connectivity index (χ1n) is 0.471. The first-order valence-corrected chi connectivity index (χ1v) is 0.471. The third-order valence-electron chi connectivity index (χ3n) is 0. The lowest BCUT2D eigenvalue weighted by atomic mass is 11.9. The van der Waals surface area contributed by atoms with Crippen molar-refractivity contribution in [2.45, 2.75) is 0 Å². The van der Waals surface area contributed by atoms with Crippen LogP contribution in [0.4, 0.5) is 0 Å². The molecule has 0 fully saturated rings. The quantitative estimate of drug-likeness (QED) is 0.373. The third-order valence-corrected chi connectivity index (χ3v) is 0. The van der Waals surface area contributed by atoms with Gasteiger partial charge in [-0.3, -0.25) is 0 Å². The Kier molecular flexibility index (Phi) is 17.9. The van der Waals surface area contributed by atoms with E-state index in [1.807, 2.05) is 6.79 Å². The number of nitrogens with zero attached hydrogens (tertiary/aromatic N) is 1. The van der Waals surface area contributed by atoms with Gasteiger partial charge >= 0.3 is 0 Å². The summed E-state index contributed by atoms with van der Waals surface area (Å²) in [5.41, 5.74) is 5.75. The monoisotopic (exact) mass is 60.0 g/mol. The van der Waals surface area contributed by atoms with Crippen molar-refractivity contribution in [3.63, 3.8) is 0 Å². The molecule has 0 amide bonds. The van der Waals surface area contributed by atoms with E-state index in [1.165, 1.54) is 0 Å². The van der Waals surface area contributed by atoms with Gasteiger partial charge in [-0.05, 0) is 0 Å². The molecule has 0 heterocycles. The molecule has 1 radical (unpaired) electrons. The molecule has 0 unspecified atom stereocenters. The standard InChI is InChI=1S/CH2O.NO/c2*1-2/h1H2;. The van der Waals surface area contributed by atoms with Crippen molar-refractivity contribution in [3.8, 4) is 0 Å². The molecule has 0 aliphatic heterocycles. The van der Waals surface area contributed by atoms with E-state index < -0.39 is 0 Å². The van der Waals surface area contributed by atoms with Crippen LogP contribution in [0.1, 0.15) is 0 Å². The average molecular weight is 60.0 g/mol. The molecule has 0 aromatic rings. The van der Waals surface area contributed by atoms with Crippen LogP contribution >= 0.6 is 0 Å². The fraction of sp³-hybridized carbons (Fsp3) is 0. The van der Waals surface area contributed by atoms with Crippen LogP contribution in [0, 0.1) is 4.91 Å². The summed E-state index contributed by atoms with van der Waals surface area (Å²) >= 11 is 0. The SMILES string of the molecule is C=O.[N]=O. The van der Waals surface area contributed by atoms with Gasteiger partial charge in [0.2, 0.25) is 0 Å². The van der Waals surface area contributed by atoms with Crippen LogP contribution in [0.3, 0.4) is 0 Å². The highest BCUT2D eigenvalue weighted by molar-refractivity contribution is 5.10. The largest absolute Gasteiger partial charge is 0.307 e. The van der Waals surface area contributed by atoms with Crippen LogP contribution in [0.5, 0.6) is 0 Å². The van der Waals surface area contributed by atoms with Crippen molar-refractivity contribution in [3.05, 3.63) is 4.91 Å². The van der Waals surface area contributed by atoms with E-state index >= 15 is 0 Å². The van der Waals surface area contributed by atoms with E-state index in [-0.39, 0.29) is 0 Å². The number of nitroso groups, excluding NO2 is 1. The number of hydrogen-bond donors (Lipinski definition) is 0. The minimum Gasteiger partial charge on any atom is -0.307 e. The van der Waals surface area contributed by atoms with Crippen LogP contribution in [-0.4, -0.2) is 6.79 Å². The van der Waals surface area contributed by atoms with Crippen LogP contribution in [0.15, 0.2) is 0 Å². The van der Waals surface area contributed by atoms with Gasteiger partial charge in [0.05, 0.1) is 0 Å². The minimum absolute atomic E-state index is 2.00. The second kappa shape index (κ2) is 6.87. The van der Waals surface area contributed by atoms with Gasteiger partial charge < -0.3 is 4.79 Å². The van der Waals surface area contributed by atoms with Gasteiger partial charge in [-0.25, -0.2) is 0 Å². The minimum atomic E-state index is 2.00. The Hall–Kier alpha value is -0.730. The fourth-order valence-electron chi connectivity index (χ4n) is 0. The summed E-state index contributed by atoms with van der Waals surface area (Å²) in [6.07, 6.45) is 0. The molecule has 4 heavy (non-hydrogen) atoms. The summed E-state index contributed by atoms with van der Waals surface area (Å²) < 4.78 is 0. The molecule has 0 aliphatic rings. The molecule has 0 saturated carbocycles. The highest BCUT2D eigenvalue weighted by Gasteiger charge is 0.717. The molecule has 0 atom stereocenters. The predicted molar refractivity (Wildman–Crippen MR) is 12.6 cm³/mol. The Morgan fingerprint density at radius 1 is 1.25 bits per heavy atom. The second-order valence-electron chi connectivity index (χ2n) is 0. The highest BCUT2D eigenvalue weighted by atomic mass is 16.2. The Balaban J connectivity index is 0. The number of hydrogen-bond acceptors (Lipinski definition) is 2. The molecule has 0 bridgehead atoms.